The lowest BCUT2D eigenvalue weighted by molar-refractivity contribution is 0.467. The second kappa shape index (κ2) is 8.64. The second-order valence-electron chi connectivity index (χ2n) is 10.4. The zero-order chi connectivity index (χ0) is 27.1. The van der Waals surface area contributed by atoms with Crippen LogP contribution < -0.4 is 25.4 Å². The standard InChI is InChI=1S/C36H21O2PS2/c40-39-32-13-4-2-11-28(32)37-30-20-24(21-31(35(30)39)38-29-12-3-5-14-33(29)39)22-16-18-23(19-17-22)25-9-7-10-27-26-8-1-6-15-34(26)41-36(25)27/h1-21H. The summed E-state index contributed by atoms with van der Waals surface area (Å²) in [6, 6.07) is 42.4. The lowest BCUT2D eigenvalue weighted by atomic mass is 9.98. The third kappa shape index (κ3) is 3.33. The zero-order valence-corrected chi connectivity index (χ0v) is 24.2. The minimum atomic E-state index is -2.33. The Balaban J connectivity index is 1.18. The highest BCUT2D eigenvalue weighted by Crippen LogP contribution is 2.59. The molecule has 0 atom stereocenters. The molecular formula is C36H21O2PS2. The molecule has 2 nitrogen and oxygen atoms in total. The van der Waals surface area contributed by atoms with Crippen LogP contribution in [0.15, 0.2) is 127 Å². The fourth-order valence-electron chi connectivity index (χ4n) is 6.25. The summed E-state index contributed by atoms with van der Waals surface area (Å²) < 4.78 is 15.7. The van der Waals surface area contributed by atoms with Crippen LogP contribution in [0.2, 0.25) is 0 Å². The van der Waals surface area contributed by atoms with E-state index in [2.05, 4.69) is 91.0 Å². The molecule has 0 unspecified atom stereocenters. The molecule has 0 N–H and O–H groups in total. The van der Waals surface area contributed by atoms with Crippen LogP contribution in [-0.4, -0.2) is 0 Å². The van der Waals surface area contributed by atoms with E-state index in [4.69, 9.17) is 21.3 Å². The van der Waals surface area contributed by atoms with Crippen LogP contribution in [0.3, 0.4) is 0 Å². The maximum Gasteiger partial charge on any atom is 0.140 e. The van der Waals surface area contributed by atoms with Crippen molar-refractivity contribution >= 4 is 65.3 Å². The Labute approximate surface area is 246 Å². The summed E-state index contributed by atoms with van der Waals surface area (Å²) >= 11 is 8.46. The van der Waals surface area contributed by atoms with Gasteiger partial charge in [-0.05, 0) is 64.7 Å². The molecule has 0 saturated carbocycles. The van der Waals surface area contributed by atoms with E-state index in [1.54, 1.807) is 0 Å². The minimum absolute atomic E-state index is 0.799. The van der Waals surface area contributed by atoms with Crippen molar-refractivity contribution in [1.29, 1.82) is 0 Å². The quantitative estimate of drug-likeness (QED) is 0.190. The molecule has 194 valence electrons. The van der Waals surface area contributed by atoms with Crippen molar-refractivity contribution in [3.05, 3.63) is 127 Å². The highest BCUT2D eigenvalue weighted by Gasteiger charge is 2.42. The summed E-state index contributed by atoms with van der Waals surface area (Å²) in [5, 5.41) is 5.82. The Bertz CT molecular complexity index is 2170. The van der Waals surface area contributed by atoms with E-state index in [1.165, 1.54) is 31.3 Å². The number of hydrogen-bond donors (Lipinski definition) is 0. The molecule has 6 aromatic carbocycles. The first-order valence-corrected chi connectivity index (χ1v) is 17.1. The van der Waals surface area contributed by atoms with Gasteiger partial charge in [-0.1, -0.05) is 96.7 Å². The van der Waals surface area contributed by atoms with Gasteiger partial charge in [-0.25, -0.2) is 0 Å². The van der Waals surface area contributed by atoms with Crippen LogP contribution in [0, 0.1) is 0 Å². The van der Waals surface area contributed by atoms with Crippen molar-refractivity contribution in [2.75, 3.05) is 0 Å². The minimum Gasteiger partial charge on any atom is -0.456 e. The number of ether oxygens (including phenoxy) is 2. The van der Waals surface area contributed by atoms with E-state index in [-0.39, 0.29) is 0 Å². The molecule has 41 heavy (non-hydrogen) atoms. The fourth-order valence-corrected chi connectivity index (χ4v) is 12.0. The summed E-state index contributed by atoms with van der Waals surface area (Å²) in [6.45, 7) is 0. The molecule has 9 rings (SSSR count). The molecule has 0 bridgehead atoms. The smallest absolute Gasteiger partial charge is 0.140 e. The third-order valence-corrected chi connectivity index (χ3v) is 14.3. The normalized spacial score (nSPS) is 14.0. The molecule has 0 saturated heterocycles. The molecule has 3 heterocycles. The van der Waals surface area contributed by atoms with Gasteiger partial charge in [-0.2, -0.15) is 0 Å². The number of thiophene rings is 1. The van der Waals surface area contributed by atoms with Crippen molar-refractivity contribution in [3.8, 4) is 45.3 Å². The number of benzene rings is 6. The summed E-state index contributed by atoms with van der Waals surface area (Å²) in [5.74, 6) is 3.28. The molecule has 0 fully saturated rings. The van der Waals surface area contributed by atoms with Gasteiger partial charge < -0.3 is 9.47 Å². The summed E-state index contributed by atoms with van der Waals surface area (Å²) in [5.41, 5.74) is 4.62. The molecule has 0 spiro atoms. The zero-order valence-electron chi connectivity index (χ0n) is 21.7. The monoisotopic (exact) mass is 580 g/mol. The van der Waals surface area contributed by atoms with Crippen LogP contribution in [0.1, 0.15) is 0 Å². The van der Waals surface area contributed by atoms with Crippen LogP contribution in [-0.2, 0) is 11.8 Å². The number of para-hydroxylation sites is 2. The molecular weight excluding hydrogens is 560 g/mol. The van der Waals surface area contributed by atoms with Gasteiger partial charge >= 0.3 is 0 Å². The van der Waals surface area contributed by atoms with Gasteiger partial charge in [0.05, 0.1) is 11.3 Å². The maximum absolute atomic E-state index is 6.60. The van der Waals surface area contributed by atoms with Crippen LogP contribution in [0.4, 0.5) is 0 Å². The summed E-state index contributed by atoms with van der Waals surface area (Å²) in [7, 11) is 0. The molecule has 0 aliphatic carbocycles. The molecule has 1 aromatic heterocycles. The van der Waals surface area contributed by atoms with Gasteiger partial charge in [0, 0.05) is 30.8 Å². The maximum atomic E-state index is 6.60. The van der Waals surface area contributed by atoms with E-state index in [0.29, 0.717) is 0 Å². The Morgan fingerprint density at radius 3 is 1.80 bits per heavy atom. The SMILES string of the molecule is S=P12c3ccccc3Oc3cc(-c4ccc(-c5cccc6c5sc5ccccc56)cc4)cc(c31)Oc1ccccc12. The molecule has 5 heteroatoms. The molecule has 2 aliphatic rings. The Kier molecular flexibility index (Phi) is 4.95. The first-order valence-electron chi connectivity index (χ1n) is 13.5. The average Bonchev–Trinajstić information content (AvgIpc) is 3.40. The average molecular weight is 581 g/mol. The number of hydrogen-bond acceptors (Lipinski definition) is 4. The third-order valence-electron chi connectivity index (χ3n) is 8.14. The predicted molar refractivity (Wildman–Crippen MR) is 176 cm³/mol. The lowest BCUT2D eigenvalue weighted by Crippen LogP contribution is -2.34. The number of rotatable bonds is 2. The second-order valence-corrected chi connectivity index (χ2v) is 15.8. The van der Waals surface area contributed by atoms with E-state index >= 15 is 0 Å². The largest absolute Gasteiger partial charge is 0.456 e. The van der Waals surface area contributed by atoms with E-state index in [0.717, 1.165) is 50.0 Å². The van der Waals surface area contributed by atoms with Gasteiger partial charge in [0.1, 0.15) is 23.0 Å². The summed E-state index contributed by atoms with van der Waals surface area (Å²) in [6.07, 6.45) is 0. The Hall–Kier alpha value is -4.21. The van der Waals surface area contributed by atoms with E-state index < -0.39 is 6.04 Å². The van der Waals surface area contributed by atoms with Crippen LogP contribution in [0.5, 0.6) is 23.0 Å². The topological polar surface area (TPSA) is 18.5 Å². The summed E-state index contributed by atoms with van der Waals surface area (Å²) in [4.78, 5) is 0. The van der Waals surface area contributed by atoms with E-state index in [1.807, 2.05) is 47.7 Å². The van der Waals surface area contributed by atoms with Crippen molar-refractivity contribution in [2.24, 2.45) is 0 Å². The highest BCUT2D eigenvalue weighted by molar-refractivity contribution is 8.26. The van der Waals surface area contributed by atoms with Crippen LogP contribution in [0.25, 0.3) is 42.4 Å². The Morgan fingerprint density at radius 1 is 0.512 bits per heavy atom. The predicted octanol–water partition coefficient (Wildman–Crippen LogP) is 9.36. The molecule has 0 amide bonds. The van der Waals surface area contributed by atoms with Gasteiger partial charge in [-0.3, -0.25) is 0 Å². The van der Waals surface area contributed by atoms with Gasteiger partial charge in [0.15, 0.2) is 0 Å². The van der Waals surface area contributed by atoms with Crippen molar-refractivity contribution in [2.45, 2.75) is 0 Å². The first-order chi connectivity index (χ1) is 20.2. The van der Waals surface area contributed by atoms with Crippen molar-refractivity contribution in [1.82, 2.24) is 0 Å². The van der Waals surface area contributed by atoms with Crippen molar-refractivity contribution < 1.29 is 9.47 Å². The number of fused-ring (bicyclic) bond motifs is 7. The van der Waals surface area contributed by atoms with Gasteiger partial charge in [0.2, 0.25) is 0 Å². The van der Waals surface area contributed by atoms with Gasteiger partial charge in [0.25, 0.3) is 0 Å². The van der Waals surface area contributed by atoms with E-state index in [9.17, 15) is 0 Å². The van der Waals surface area contributed by atoms with Crippen molar-refractivity contribution in [3.63, 3.8) is 0 Å². The molecule has 2 aliphatic heterocycles. The molecule has 7 aromatic rings. The van der Waals surface area contributed by atoms with Crippen LogP contribution >= 0.6 is 17.4 Å². The lowest BCUT2D eigenvalue weighted by Gasteiger charge is -2.37. The first kappa shape index (κ1) is 23.5. The Morgan fingerprint density at radius 2 is 1.10 bits per heavy atom. The fraction of sp³-hybridized carbons (Fsp3) is 0. The molecule has 0 radical (unpaired) electrons. The highest BCUT2D eigenvalue weighted by atomic mass is 32.4. The van der Waals surface area contributed by atoms with Gasteiger partial charge in [-0.15, -0.1) is 11.3 Å².